The molecular weight excluding hydrogens is 165 g/mol. The Hall–Kier alpha value is 0.01000. The second-order valence-corrected chi connectivity index (χ2v) is 2.41. The fourth-order valence-electron chi connectivity index (χ4n) is 0.256. The Morgan fingerprint density at radius 1 is 1.67 bits per heavy atom. The van der Waals surface area contributed by atoms with Crippen molar-refractivity contribution in [2.75, 3.05) is 13.2 Å². The minimum atomic E-state index is -1.04. The van der Waals surface area contributed by atoms with Gasteiger partial charge in [-0.1, -0.05) is 23.2 Å². The van der Waals surface area contributed by atoms with Crippen LogP contribution in [0.1, 0.15) is 0 Å². The molecule has 0 radical (unpaired) electrons. The number of halogens is 2. The molecule has 5 heteroatoms. The molecule has 0 aliphatic rings. The van der Waals surface area contributed by atoms with E-state index in [0.717, 1.165) is 0 Å². The molecule has 0 unspecified atom stereocenters. The van der Waals surface area contributed by atoms with Crippen molar-refractivity contribution in [1.29, 1.82) is 0 Å². The van der Waals surface area contributed by atoms with E-state index in [1.54, 1.807) is 0 Å². The molecule has 0 aromatic heterocycles. The van der Waals surface area contributed by atoms with Gasteiger partial charge in [0.05, 0.1) is 6.61 Å². The molecule has 0 aliphatic heterocycles. The van der Waals surface area contributed by atoms with Crippen LogP contribution in [0.4, 0.5) is 0 Å². The van der Waals surface area contributed by atoms with E-state index < -0.39 is 10.7 Å². The van der Waals surface area contributed by atoms with Gasteiger partial charge in [0.15, 0.2) is 4.84 Å². The van der Waals surface area contributed by atoms with E-state index in [1.807, 2.05) is 0 Å². The van der Waals surface area contributed by atoms with Gasteiger partial charge in [-0.15, -0.1) is 0 Å². The summed E-state index contributed by atoms with van der Waals surface area (Å²) in [6.45, 7) is 0.0843. The van der Waals surface area contributed by atoms with Gasteiger partial charge in [-0.05, 0) is 0 Å². The van der Waals surface area contributed by atoms with Crippen molar-refractivity contribution >= 4 is 29.1 Å². The van der Waals surface area contributed by atoms with E-state index in [1.165, 1.54) is 0 Å². The molecule has 3 nitrogen and oxygen atoms in total. The van der Waals surface area contributed by atoms with Gasteiger partial charge in [0, 0.05) is 6.54 Å². The molecule has 1 amide bonds. The molecule has 0 atom stereocenters. The van der Waals surface area contributed by atoms with Gasteiger partial charge < -0.3 is 10.4 Å². The Morgan fingerprint density at radius 2 is 2.22 bits per heavy atom. The fraction of sp³-hybridized carbons (Fsp3) is 0.750. The van der Waals surface area contributed by atoms with Crippen molar-refractivity contribution < 1.29 is 9.90 Å². The molecule has 0 aromatic rings. The van der Waals surface area contributed by atoms with E-state index >= 15 is 0 Å². The summed E-state index contributed by atoms with van der Waals surface area (Å²) in [6.07, 6.45) is 0. The molecular formula is C4H7Cl2NO2. The minimum absolute atomic E-state index is 0.105. The lowest BCUT2D eigenvalue weighted by molar-refractivity contribution is -0.119. The number of hydrogen-bond acceptors (Lipinski definition) is 2. The number of alkyl halides is 2. The number of hydrogen-bond donors (Lipinski definition) is 2. The standard InChI is InChI=1S/C4H7Cl2NO2/c5-3(6)4(9)7-1-2-8/h3,8H,1-2H2,(H,7,9). The lowest BCUT2D eigenvalue weighted by Gasteiger charge is -2.00. The van der Waals surface area contributed by atoms with Gasteiger partial charge in [0.1, 0.15) is 0 Å². The van der Waals surface area contributed by atoms with Crippen LogP contribution in [0.3, 0.4) is 0 Å². The number of amides is 1. The molecule has 0 saturated heterocycles. The Labute approximate surface area is 62.9 Å². The van der Waals surface area contributed by atoms with Crippen molar-refractivity contribution in [3.63, 3.8) is 0 Å². The van der Waals surface area contributed by atoms with Crippen LogP contribution in [-0.4, -0.2) is 29.0 Å². The second kappa shape index (κ2) is 4.85. The van der Waals surface area contributed by atoms with Crippen molar-refractivity contribution in [3.8, 4) is 0 Å². The van der Waals surface area contributed by atoms with Crippen molar-refractivity contribution in [3.05, 3.63) is 0 Å². The first kappa shape index (κ1) is 9.01. The summed E-state index contributed by atoms with van der Waals surface area (Å²) in [5.41, 5.74) is 0. The highest BCUT2D eigenvalue weighted by Gasteiger charge is 2.08. The molecule has 0 bridgehead atoms. The van der Waals surface area contributed by atoms with Gasteiger partial charge in [0.25, 0.3) is 5.91 Å². The van der Waals surface area contributed by atoms with Crippen LogP contribution in [0.15, 0.2) is 0 Å². The van der Waals surface area contributed by atoms with Gasteiger partial charge in [0.2, 0.25) is 0 Å². The summed E-state index contributed by atoms with van der Waals surface area (Å²) >= 11 is 10.3. The smallest absolute Gasteiger partial charge is 0.253 e. The molecule has 0 fully saturated rings. The van der Waals surface area contributed by atoms with Crippen molar-refractivity contribution in [2.24, 2.45) is 0 Å². The van der Waals surface area contributed by atoms with Gasteiger partial charge >= 0.3 is 0 Å². The largest absolute Gasteiger partial charge is 0.395 e. The maximum absolute atomic E-state index is 10.4. The van der Waals surface area contributed by atoms with Gasteiger partial charge in [-0.25, -0.2) is 0 Å². The fourth-order valence-corrected chi connectivity index (χ4v) is 0.411. The third-order valence-corrected chi connectivity index (χ3v) is 1.01. The van der Waals surface area contributed by atoms with Crippen molar-refractivity contribution in [2.45, 2.75) is 4.84 Å². The average molecular weight is 172 g/mol. The van der Waals surface area contributed by atoms with Gasteiger partial charge in [-0.2, -0.15) is 0 Å². The van der Waals surface area contributed by atoms with Crippen LogP contribution >= 0.6 is 23.2 Å². The van der Waals surface area contributed by atoms with Crippen LogP contribution < -0.4 is 5.32 Å². The van der Waals surface area contributed by atoms with E-state index in [2.05, 4.69) is 5.32 Å². The molecule has 0 saturated carbocycles. The number of carbonyl (C=O) groups is 1. The minimum Gasteiger partial charge on any atom is -0.395 e. The average Bonchev–Trinajstić information content (AvgIpc) is 1.82. The topological polar surface area (TPSA) is 49.3 Å². The van der Waals surface area contributed by atoms with E-state index in [-0.39, 0.29) is 13.2 Å². The first-order valence-electron chi connectivity index (χ1n) is 2.35. The molecule has 0 heterocycles. The van der Waals surface area contributed by atoms with Crippen LogP contribution in [0, 0.1) is 0 Å². The Morgan fingerprint density at radius 3 is 2.56 bits per heavy atom. The van der Waals surface area contributed by atoms with Crippen LogP contribution in [0.25, 0.3) is 0 Å². The van der Waals surface area contributed by atoms with E-state index in [0.29, 0.717) is 0 Å². The molecule has 2 N–H and O–H groups in total. The number of aliphatic hydroxyl groups excluding tert-OH is 1. The molecule has 0 aliphatic carbocycles. The number of carbonyl (C=O) groups excluding carboxylic acids is 1. The molecule has 0 rings (SSSR count). The first-order valence-corrected chi connectivity index (χ1v) is 3.22. The SMILES string of the molecule is O=C(NCCO)C(Cl)Cl. The van der Waals surface area contributed by atoms with Crippen LogP contribution in [0.2, 0.25) is 0 Å². The monoisotopic (exact) mass is 171 g/mol. The highest BCUT2D eigenvalue weighted by Crippen LogP contribution is 1.99. The number of rotatable bonds is 3. The quantitative estimate of drug-likeness (QED) is 0.584. The zero-order chi connectivity index (χ0) is 7.28. The predicted molar refractivity (Wildman–Crippen MR) is 35.6 cm³/mol. The summed E-state index contributed by atoms with van der Waals surface area (Å²) < 4.78 is 0. The highest BCUT2D eigenvalue weighted by molar-refractivity contribution is 6.53. The van der Waals surface area contributed by atoms with Crippen LogP contribution in [-0.2, 0) is 4.79 Å². The number of nitrogens with one attached hydrogen (secondary N) is 1. The number of aliphatic hydroxyl groups is 1. The Kier molecular flexibility index (Phi) is 4.85. The first-order chi connectivity index (χ1) is 4.18. The maximum atomic E-state index is 10.4. The van der Waals surface area contributed by atoms with E-state index in [9.17, 15) is 4.79 Å². The Bertz CT molecular complexity index is 96.6. The Balaban J connectivity index is 3.28. The summed E-state index contributed by atoms with van der Waals surface area (Å²) in [7, 11) is 0. The summed E-state index contributed by atoms with van der Waals surface area (Å²) in [6, 6.07) is 0. The van der Waals surface area contributed by atoms with Gasteiger partial charge in [-0.3, -0.25) is 4.79 Å². The molecule has 0 aromatic carbocycles. The third kappa shape index (κ3) is 4.51. The normalized spacial score (nSPS) is 9.78. The summed E-state index contributed by atoms with van der Waals surface area (Å²) in [5.74, 6) is -0.479. The zero-order valence-electron chi connectivity index (χ0n) is 4.60. The molecule has 0 spiro atoms. The second-order valence-electron chi connectivity index (χ2n) is 1.32. The van der Waals surface area contributed by atoms with Crippen LogP contribution in [0.5, 0.6) is 0 Å². The van der Waals surface area contributed by atoms with Crippen molar-refractivity contribution in [1.82, 2.24) is 5.32 Å². The summed E-state index contributed by atoms with van der Waals surface area (Å²) in [4.78, 5) is 9.37. The predicted octanol–water partition coefficient (Wildman–Crippen LogP) is -0.101. The third-order valence-electron chi connectivity index (χ3n) is 0.609. The lowest BCUT2D eigenvalue weighted by Crippen LogP contribution is -2.30. The highest BCUT2D eigenvalue weighted by atomic mass is 35.5. The summed E-state index contributed by atoms with van der Waals surface area (Å²) in [5, 5.41) is 10.5. The zero-order valence-corrected chi connectivity index (χ0v) is 6.11. The maximum Gasteiger partial charge on any atom is 0.253 e. The molecule has 9 heavy (non-hydrogen) atoms. The van der Waals surface area contributed by atoms with E-state index in [4.69, 9.17) is 28.3 Å². The molecule has 54 valence electrons. The lowest BCUT2D eigenvalue weighted by atomic mass is 10.6.